The number of hydrogen-bond acceptors (Lipinski definition) is 2. The maximum atomic E-state index is 11.5. The number of halogens is 1. The van der Waals surface area contributed by atoms with Crippen molar-refractivity contribution in [2.45, 2.75) is 38.5 Å². The highest BCUT2D eigenvalue weighted by Gasteiger charge is 2.39. The molecule has 19 heavy (non-hydrogen) atoms. The molecule has 0 saturated heterocycles. The second kappa shape index (κ2) is 6.42. The van der Waals surface area contributed by atoms with E-state index in [1.807, 2.05) is 24.3 Å². The standard InChI is InChI=1S/C15H19BrO3/c16-12-5-4-6-13(11-12)19-10-9-15(14(17)18)7-2-1-3-8-15/h4-6,11H,1-3,7-10H2,(H,17,18). The predicted molar refractivity (Wildman–Crippen MR) is 77.4 cm³/mol. The van der Waals surface area contributed by atoms with Gasteiger partial charge in [-0.15, -0.1) is 0 Å². The smallest absolute Gasteiger partial charge is 0.309 e. The summed E-state index contributed by atoms with van der Waals surface area (Å²) < 4.78 is 6.64. The fourth-order valence-electron chi connectivity index (χ4n) is 2.72. The van der Waals surface area contributed by atoms with Gasteiger partial charge in [0.05, 0.1) is 12.0 Å². The molecule has 2 rings (SSSR count). The third kappa shape index (κ3) is 3.72. The van der Waals surface area contributed by atoms with Crippen molar-refractivity contribution >= 4 is 21.9 Å². The van der Waals surface area contributed by atoms with Crippen molar-refractivity contribution in [1.29, 1.82) is 0 Å². The van der Waals surface area contributed by atoms with Gasteiger partial charge in [-0.1, -0.05) is 41.3 Å². The summed E-state index contributed by atoms with van der Waals surface area (Å²) in [5, 5.41) is 9.47. The van der Waals surface area contributed by atoms with Crippen LogP contribution in [0.15, 0.2) is 28.7 Å². The van der Waals surface area contributed by atoms with Gasteiger partial charge in [0.25, 0.3) is 0 Å². The normalized spacial score (nSPS) is 17.9. The van der Waals surface area contributed by atoms with Crippen molar-refractivity contribution in [2.75, 3.05) is 6.61 Å². The molecular weight excluding hydrogens is 308 g/mol. The first-order valence-corrected chi connectivity index (χ1v) is 7.53. The van der Waals surface area contributed by atoms with E-state index in [1.54, 1.807) is 0 Å². The SMILES string of the molecule is O=C(O)C1(CCOc2cccc(Br)c2)CCCCC1. The van der Waals surface area contributed by atoms with Gasteiger partial charge in [0.1, 0.15) is 5.75 Å². The van der Waals surface area contributed by atoms with Crippen LogP contribution in [0.3, 0.4) is 0 Å². The van der Waals surface area contributed by atoms with Crippen LogP contribution in [0, 0.1) is 5.41 Å². The molecule has 4 heteroatoms. The van der Waals surface area contributed by atoms with Gasteiger partial charge in [-0.25, -0.2) is 0 Å². The molecule has 1 aliphatic rings. The van der Waals surface area contributed by atoms with Crippen LogP contribution in [0.5, 0.6) is 5.75 Å². The maximum Gasteiger partial charge on any atom is 0.309 e. The lowest BCUT2D eigenvalue weighted by molar-refractivity contribution is -0.152. The van der Waals surface area contributed by atoms with Gasteiger partial charge in [0.2, 0.25) is 0 Å². The molecule has 0 bridgehead atoms. The van der Waals surface area contributed by atoms with E-state index in [0.717, 1.165) is 42.3 Å². The summed E-state index contributed by atoms with van der Waals surface area (Å²) in [4.78, 5) is 11.5. The number of carboxylic acid groups (broad SMARTS) is 1. The van der Waals surface area contributed by atoms with Crippen LogP contribution in [0.25, 0.3) is 0 Å². The van der Waals surface area contributed by atoms with Gasteiger partial charge in [-0.05, 0) is 37.5 Å². The van der Waals surface area contributed by atoms with E-state index in [-0.39, 0.29) is 0 Å². The summed E-state index contributed by atoms with van der Waals surface area (Å²) in [5.41, 5.74) is -0.565. The van der Waals surface area contributed by atoms with Crippen LogP contribution in [0.1, 0.15) is 38.5 Å². The van der Waals surface area contributed by atoms with Crippen molar-refractivity contribution in [3.8, 4) is 5.75 Å². The molecule has 0 radical (unpaired) electrons. The van der Waals surface area contributed by atoms with Gasteiger partial charge in [0.15, 0.2) is 0 Å². The summed E-state index contributed by atoms with van der Waals surface area (Å²) >= 11 is 3.39. The van der Waals surface area contributed by atoms with Gasteiger partial charge in [-0.2, -0.15) is 0 Å². The van der Waals surface area contributed by atoms with Crippen molar-refractivity contribution in [3.05, 3.63) is 28.7 Å². The van der Waals surface area contributed by atoms with Crippen LogP contribution in [0.4, 0.5) is 0 Å². The monoisotopic (exact) mass is 326 g/mol. The van der Waals surface area contributed by atoms with Gasteiger partial charge in [0, 0.05) is 4.47 Å². The number of ether oxygens (including phenoxy) is 1. The van der Waals surface area contributed by atoms with Crippen molar-refractivity contribution < 1.29 is 14.6 Å². The Morgan fingerprint density at radius 3 is 2.68 bits per heavy atom. The lowest BCUT2D eigenvalue weighted by Gasteiger charge is -2.33. The van der Waals surface area contributed by atoms with E-state index in [1.165, 1.54) is 0 Å². The van der Waals surface area contributed by atoms with E-state index in [2.05, 4.69) is 15.9 Å². The fraction of sp³-hybridized carbons (Fsp3) is 0.533. The Morgan fingerprint density at radius 2 is 2.05 bits per heavy atom. The topological polar surface area (TPSA) is 46.5 Å². The molecule has 3 nitrogen and oxygen atoms in total. The highest BCUT2D eigenvalue weighted by Crippen LogP contribution is 2.39. The number of benzene rings is 1. The summed E-state index contributed by atoms with van der Waals surface area (Å²) in [6.45, 7) is 0.461. The minimum Gasteiger partial charge on any atom is -0.494 e. The third-order valence-corrected chi connectivity index (χ3v) is 4.40. The molecule has 0 aliphatic heterocycles. The molecule has 0 amide bonds. The highest BCUT2D eigenvalue weighted by molar-refractivity contribution is 9.10. The average Bonchev–Trinajstić information content (AvgIpc) is 2.40. The molecule has 1 aromatic carbocycles. The number of aliphatic carboxylic acids is 1. The van der Waals surface area contributed by atoms with Crippen LogP contribution < -0.4 is 4.74 Å². The molecule has 0 heterocycles. The third-order valence-electron chi connectivity index (χ3n) is 3.91. The van der Waals surface area contributed by atoms with E-state index in [0.29, 0.717) is 13.0 Å². The molecule has 104 valence electrons. The highest BCUT2D eigenvalue weighted by atomic mass is 79.9. The summed E-state index contributed by atoms with van der Waals surface area (Å²) in [6, 6.07) is 7.63. The zero-order valence-electron chi connectivity index (χ0n) is 10.9. The van der Waals surface area contributed by atoms with Gasteiger partial charge >= 0.3 is 5.97 Å². The van der Waals surface area contributed by atoms with Gasteiger partial charge < -0.3 is 9.84 Å². The Balaban J connectivity index is 1.91. The first-order valence-electron chi connectivity index (χ1n) is 6.74. The molecule has 0 aromatic heterocycles. The Labute approximate surface area is 122 Å². The number of rotatable bonds is 5. The zero-order chi connectivity index (χ0) is 13.7. The summed E-state index contributed by atoms with van der Waals surface area (Å²) in [7, 11) is 0. The van der Waals surface area contributed by atoms with E-state index >= 15 is 0 Å². The molecular formula is C15H19BrO3. The second-order valence-corrected chi connectivity index (χ2v) is 6.12. The van der Waals surface area contributed by atoms with E-state index < -0.39 is 11.4 Å². The fourth-order valence-corrected chi connectivity index (χ4v) is 3.10. The Hall–Kier alpha value is -1.03. The zero-order valence-corrected chi connectivity index (χ0v) is 12.5. The maximum absolute atomic E-state index is 11.5. The molecule has 1 saturated carbocycles. The lowest BCUT2D eigenvalue weighted by Crippen LogP contribution is -2.34. The summed E-state index contributed by atoms with van der Waals surface area (Å²) in [5.74, 6) is 0.121. The minimum absolute atomic E-state index is 0.461. The van der Waals surface area contributed by atoms with Crippen LogP contribution in [-0.4, -0.2) is 17.7 Å². The molecule has 0 spiro atoms. The van der Waals surface area contributed by atoms with Crippen LogP contribution >= 0.6 is 15.9 Å². The predicted octanol–water partition coefficient (Wildman–Crippen LogP) is 4.25. The minimum atomic E-state index is -0.662. The Kier molecular flexibility index (Phi) is 4.86. The van der Waals surface area contributed by atoms with Crippen molar-refractivity contribution in [1.82, 2.24) is 0 Å². The second-order valence-electron chi connectivity index (χ2n) is 5.20. The molecule has 1 aromatic rings. The van der Waals surface area contributed by atoms with Crippen molar-refractivity contribution in [3.63, 3.8) is 0 Å². The molecule has 1 fully saturated rings. The molecule has 0 atom stereocenters. The molecule has 1 N–H and O–H groups in total. The Morgan fingerprint density at radius 1 is 1.32 bits per heavy atom. The van der Waals surface area contributed by atoms with E-state index in [4.69, 9.17) is 4.74 Å². The molecule has 0 unspecified atom stereocenters. The van der Waals surface area contributed by atoms with E-state index in [9.17, 15) is 9.90 Å². The van der Waals surface area contributed by atoms with Crippen LogP contribution in [0.2, 0.25) is 0 Å². The number of hydrogen-bond donors (Lipinski definition) is 1. The number of carboxylic acids is 1. The van der Waals surface area contributed by atoms with Gasteiger partial charge in [-0.3, -0.25) is 4.79 Å². The average molecular weight is 327 g/mol. The first kappa shape index (κ1) is 14.4. The number of carbonyl (C=O) groups is 1. The van der Waals surface area contributed by atoms with Crippen molar-refractivity contribution in [2.24, 2.45) is 5.41 Å². The Bertz CT molecular complexity index is 439. The quantitative estimate of drug-likeness (QED) is 0.879. The first-order chi connectivity index (χ1) is 9.12. The summed E-state index contributed by atoms with van der Waals surface area (Å²) in [6.07, 6.45) is 5.34. The molecule has 1 aliphatic carbocycles. The van der Waals surface area contributed by atoms with Crippen LogP contribution in [-0.2, 0) is 4.79 Å². The lowest BCUT2D eigenvalue weighted by atomic mass is 9.72. The largest absolute Gasteiger partial charge is 0.494 e.